The quantitative estimate of drug-likeness (QED) is 0.630. The van der Waals surface area contributed by atoms with Crippen molar-refractivity contribution in [1.82, 2.24) is 5.32 Å². The lowest BCUT2D eigenvalue weighted by Crippen LogP contribution is -2.27. The summed E-state index contributed by atoms with van der Waals surface area (Å²) in [6, 6.07) is 0.444. The Labute approximate surface area is 71.6 Å². The molecule has 0 amide bonds. The summed E-state index contributed by atoms with van der Waals surface area (Å²) in [6.45, 7) is 2.09. The van der Waals surface area contributed by atoms with Gasteiger partial charge in [0.2, 0.25) is 0 Å². The number of carboxylic acid groups (broad SMARTS) is 1. The number of carbonyl (C=O) groups is 1. The van der Waals surface area contributed by atoms with E-state index in [9.17, 15) is 4.79 Å². The lowest BCUT2D eigenvalue weighted by atomic mass is 10.3. The van der Waals surface area contributed by atoms with E-state index in [1.54, 1.807) is 0 Å². The van der Waals surface area contributed by atoms with Crippen LogP contribution >= 0.6 is 11.8 Å². The van der Waals surface area contributed by atoms with Gasteiger partial charge in [0, 0.05) is 11.8 Å². The topological polar surface area (TPSA) is 49.3 Å². The lowest BCUT2D eigenvalue weighted by molar-refractivity contribution is -0.133. The molecule has 0 spiro atoms. The molecule has 0 aromatic carbocycles. The maximum atomic E-state index is 10.1. The third-order valence-corrected chi connectivity index (χ3v) is 2.53. The average molecular weight is 177 g/mol. The van der Waals surface area contributed by atoms with Crippen molar-refractivity contribution in [3.05, 3.63) is 0 Å². The number of thioether (sulfide) groups is 1. The number of rotatable bonds is 6. The minimum Gasteiger partial charge on any atom is -0.481 e. The molecule has 0 radical (unpaired) electrons. The summed E-state index contributed by atoms with van der Waals surface area (Å²) in [5, 5.41) is 11.4. The van der Waals surface area contributed by atoms with Crippen LogP contribution in [0, 0.1) is 0 Å². The van der Waals surface area contributed by atoms with E-state index in [1.165, 1.54) is 11.8 Å². The standard InChI is InChI=1S/C7H15NO2S/c1-3-6(8-2)4-11-5-7(9)10/h6,8H,3-5H2,1-2H3,(H,9,10). The van der Waals surface area contributed by atoms with Gasteiger partial charge in [-0.15, -0.1) is 11.8 Å². The van der Waals surface area contributed by atoms with E-state index in [0.29, 0.717) is 6.04 Å². The number of nitrogens with one attached hydrogen (secondary N) is 1. The minimum atomic E-state index is -0.735. The zero-order chi connectivity index (χ0) is 8.69. The van der Waals surface area contributed by atoms with Crippen molar-refractivity contribution in [3.63, 3.8) is 0 Å². The summed E-state index contributed by atoms with van der Waals surface area (Å²) in [4.78, 5) is 10.1. The summed E-state index contributed by atoms with van der Waals surface area (Å²) < 4.78 is 0. The van der Waals surface area contributed by atoms with E-state index in [-0.39, 0.29) is 5.75 Å². The lowest BCUT2D eigenvalue weighted by Gasteiger charge is -2.11. The maximum Gasteiger partial charge on any atom is 0.313 e. The van der Waals surface area contributed by atoms with Crippen molar-refractivity contribution in [2.45, 2.75) is 19.4 Å². The van der Waals surface area contributed by atoms with Crippen molar-refractivity contribution in [3.8, 4) is 0 Å². The molecule has 0 aliphatic heterocycles. The zero-order valence-corrected chi connectivity index (χ0v) is 7.78. The highest BCUT2D eigenvalue weighted by molar-refractivity contribution is 7.99. The molecule has 4 heteroatoms. The first-order chi connectivity index (χ1) is 5.20. The maximum absolute atomic E-state index is 10.1. The molecule has 0 aliphatic carbocycles. The Kier molecular flexibility index (Phi) is 6.36. The molecule has 1 atom stereocenters. The van der Waals surface area contributed by atoms with Crippen LogP contribution in [0.2, 0.25) is 0 Å². The van der Waals surface area contributed by atoms with Crippen molar-refractivity contribution in [1.29, 1.82) is 0 Å². The summed E-state index contributed by atoms with van der Waals surface area (Å²) in [6.07, 6.45) is 1.04. The first-order valence-electron chi connectivity index (χ1n) is 3.67. The Balaban J connectivity index is 3.28. The van der Waals surface area contributed by atoms with Crippen LogP contribution in [0.25, 0.3) is 0 Å². The summed E-state index contributed by atoms with van der Waals surface area (Å²) >= 11 is 1.46. The molecule has 0 bridgehead atoms. The fourth-order valence-corrected chi connectivity index (χ4v) is 1.67. The van der Waals surface area contributed by atoms with Crippen LogP contribution in [0.15, 0.2) is 0 Å². The highest BCUT2D eigenvalue weighted by Crippen LogP contribution is 2.04. The molecular formula is C7H15NO2S. The van der Waals surface area contributed by atoms with E-state index in [2.05, 4.69) is 12.2 Å². The fraction of sp³-hybridized carbons (Fsp3) is 0.857. The number of carboxylic acids is 1. The molecule has 0 saturated carbocycles. The van der Waals surface area contributed by atoms with Gasteiger partial charge in [0.1, 0.15) is 0 Å². The van der Waals surface area contributed by atoms with Gasteiger partial charge in [0.25, 0.3) is 0 Å². The van der Waals surface area contributed by atoms with E-state index >= 15 is 0 Å². The summed E-state index contributed by atoms with van der Waals surface area (Å²) in [5.41, 5.74) is 0. The normalized spacial score (nSPS) is 12.9. The van der Waals surface area contributed by atoms with Gasteiger partial charge >= 0.3 is 5.97 Å². The summed E-state index contributed by atoms with van der Waals surface area (Å²) in [5.74, 6) is 0.346. The Morgan fingerprint density at radius 2 is 2.36 bits per heavy atom. The highest BCUT2D eigenvalue weighted by Gasteiger charge is 2.03. The second-order valence-electron chi connectivity index (χ2n) is 2.30. The van der Waals surface area contributed by atoms with Gasteiger partial charge in [0.15, 0.2) is 0 Å². The molecule has 0 saturated heterocycles. The molecule has 2 N–H and O–H groups in total. The van der Waals surface area contributed by atoms with Gasteiger partial charge in [-0.3, -0.25) is 4.79 Å². The molecule has 3 nitrogen and oxygen atoms in total. The van der Waals surface area contributed by atoms with E-state index in [0.717, 1.165) is 12.2 Å². The van der Waals surface area contributed by atoms with Gasteiger partial charge < -0.3 is 10.4 Å². The molecule has 0 rings (SSSR count). The van der Waals surface area contributed by atoms with Gasteiger partial charge in [0.05, 0.1) is 5.75 Å². The molecule has 11 heavy (non-hydrogen) atoms. The second-order valence-corrected chi connectivity index (χ2v) is 3.33. The Morgan fingerprint density at radius 1 is 1.73 bits per heavy atom. The van der Waals surface area contributed by atoms with Crippen LogP contribution in [-0.2, 0) is 4.79 Å². The third kappa shape index (κ3) is 6.19. The van der Waals surface area contributed by atoms with E-state index in [1.807, 2.05) is 7.05 Å². The average Bonchev–Trinajstić information content (AvgIpc) is 1.98. The zero-order valence-electron chi connectivity index (χ0n) is 6.96. The first kappa shape index (κ1) is 10.8. The molecule has 0 aliphatic rings. The van der Waals surface area contributed by atoms with Gasteiger partial charge in [-0.05, 0) is 13.5 Å². The van der Waals surface area contributed by atoms with Crippen molar-refractivity contribution >= 4 is 17.7 Å². The molecule has 66 valence electrons. The summed E-state index contributed by atoms with van der Waals surface area (Å²) in [7, 11) is 1.90. The van der Waals surface area contributed by atoms with Crippen LogP contribution in [0.4, 0.5) is 0 Å². The Bertz CT molecular complexity index is 115. The Hall–Kier alpha value is -0.220. The number of hydrogen-bond donors (Lipinski definition) is 2. The van der Waals surface area contributed by atoms with E-state index < -0.39 is 5.97 Å². The number of hydrogen-bond acceptors (Lipinski definition) is 3. The van der Waals surface area contributed by atoms with Crippen molar-refractivity contribution in [2.75, 3.05) is 18.6 Å². The monoisotopic (exact) mass is 177 g/mol. The molecule has 0 fully saturated rings. The predicted molar refractivity (Wildman–Crippen MR) is 48.1 cm³/mol. The molecule has 0 aromatic heterocycles. The third-order valence-electron chi connectivity index (χ3n) is 1.45. The van der Waals surface area contributed by atoms with Gasteiger partial charge in [-0.2, -0.15) is 0 Å². The first-order valence-corrected chi connectivity index (χ1v) is 4.83. The van der Waals surface area contributed by atoms with Crippen molar-refractivity contribution < 1.29 is 9.90 Å². The van der Waals surface area contributed by atoms with Crippen LogP contribution in [-0.4, -0.2) is 35.7 Å². The molecule has 0 heterocycles. The molecular weight excluding hydrogens is 162 g/mol. The molecule has 1 unspecified atom stereocenters. The Morgan fingerprint density at radius 3 is 2.73 bits per heavy atom. The van der Waals surface area contributed by atoms with Crippen molar-refractivity contribution in [2.24, 2.45) is 0 Å². The van der Waals surface area contributed by atoms with Crippen LogP contribution < -0.4 is 5.32 Å². The van der Waals surface area contributed by atoms with Gasteiger partial charge in [-0.1, -0.05) is 6.92 Å². The van der Waals surface area contributed by atoms with Crippen LogP contribution in [0.5, 0.6) is 0 Å². The largest absolute Gasteiger partial charge is 0.481 e. The van der Waals surface area contributed by atoms with Crippen LogP contribution in [0.1, 0.15) is 13.3 Å². The van der Waals surface area contributed by atoms with E-state index in [4.69, 9.17) is 5.11 Å². The van der Waals surface area contributed by atoms with Gasteiger partial charge in [-0.25, -0.2) is 0 Å². The highest BCUT2D eigenvalue weighted by atomic mass is 32.2. The van der Waals surface area contributed by atoms with Crippen LogP contribution in [0.3, 0.4) is 0 Å². The SMILES string of the molecule is CCC(CSCC(=O)O)NC. The predicted octanol–water partition coefficient (Wildman–Crippen LogP) is 0.802. The molecule has 0 aromatic rings. The number of aliphatic carboxylic acids is 1. The fourth-order valence-electron chi connectivity index (χ4n) is 0.694. The second kappa shape index (κ2) is 6.49. The minimum absolute atomic E-state index is 0.207. The smallest absolute Gasteiger partial charge is 0.313 e.